The van der Waals surface area contributed by atoms with E-state index in [1.54, 1.807) is 17.0 Å². The summed E-state index contributed by atoms with van der Waals surface area (Å²) in [7, 11) is 0. The van der Waals surface area contributed by atoms with Crippen molar-refractivity contribution in [2.45, 2.75) is 20.4 Å². The number of fused-ring (bicyclic) bond motifs is 1. The molecule has 1 heterocycles. The Balaban J connectivity index is 1.68. The van der Waals surface area contributed by atoms with Crippen LogP contribution >= 0.6 is 15.9 Å². The first kappa shape index (κ1) is 20.8. The molecular formula is C21H21BrN2O5. The summed E-state index contributed by atoms with van der Waals surface area (Å²) in [5.41, 5.74) is 1.39. The van der Waals surface area contributed by atoms with E-state index in [1.807, 2.05) is 32.0 Å². The van der Waals surface area contributed by atoms with E-state index in [2.05, 4.69) is 22.0 Å². The maximum Gasteiger partial charge on any atom is 0.260 e. The van der Waals surface area contributed by atoms with E-state index in [9.17, 15) is 4.79 Å². The number of amides is 1. The molecule has 1 aliphatic heterocycles. The smallest absolute Gasteiger partial charge is 0.260 e. The molecule has 0 radical (unpaired) electrons. The van der Waals surface area contributed by atoms with Gasteiger partial charge < -0.3 is 23.8 Å². The highest BCUT2D eigenvalue weighted by Gasteiger charge is 2.19. The van der Waals surface area contributed by atoms with Crippen LogP contribution in [-0.4, -0.2) is 37.4 Å². The Morgan fingerprint density at radius 3 is 2.72 bits per heavy atom. The van der Waals surface area contributed by atoms with Gasteiger partial charge in [-0.05, 0) is 53.5 Å². The monoisotopic (exact) mass is 460 g/mol. The molecule has 0 saturated carbocycles. The minimum atomic E-state index is -0.163. The molecule has 1 aliphatic rings. The Labute approximate surface area is 177 Å². The summed E-state index contributed by atoms with van der Waals surface area (Å²) in [5, 5.41) is 9.12. The SMILES string of the molecule is CCOc1cc(C#N)cc(Br)c1OCC(=O)N(CC)Cc1ccc2c(c1)OCO2. The molecule has 0 aromatic heterocycles. The number of nitriles is 1. The Hall–Kier alpha value is -2.92. The van der Waals surface area contributed by atoms with Gasteiger partial charge in [-0.3, -0.25) is 4.79 Å². The third kappa shape index (κ3) is 4.93. The van der Waals surface area contributed by atoms with Crippen LogP contribution in [0.5, 0.6) is 23.0 Å². The highest BCUT2D eigenvalue weighted by molar-refractivity contribution is 9.10. The molecule has 8 heteroatoms. The molecule has 2 aromatic rings. The van der Waals surface area contributed by atoms with Crippen molar-refractivity contribution in [1.29, 1.82) is 5.26 Å². The molecule has 3 rings (SSSR count). The highest BCUT2D eigenvalue weighted by Crippen LogP contribution is 2.37. The quantitative estimate of drug-likeness (QED) is 0.594. The minimum Gasteiger partial charge on any atom is -0.490 e. The van der Waals surface area contributed by atoms with E-state index in [1.165, 1.54) is 0 Å². The van der Waals surface area contributed by atoms with Crippen molar-refractivity contribution in [3.05, 3.63) is 45.9 Å². The van der Waals surface area contributed by atoms with Gasteiger partial charge in [-0.2, -0.15) is 5.26 Å². The normalized spacial score (nSPS) is 11.7. The fourth-order valence-electron chi connectivity index (χ4n) is 2.90. The Morgan fingerprint density at radius 1 is 1.21 bits per heavy atom. The first-order valence-electron chi connectivity index (χ1n) is 9.21. The number of benzene rings is 2. The average molecular weight is 461 g/mol. The van der Waals surface area contributed by atoms with Gasteiger partial charge in [0.25, 0.3) is 5.91 Å². The second-order valence-electron chi connectivity index (χ2n) is 6.21. The third-order valence-electron chi connectivity index (χ3n) is 4.32. The molecule has 0 atom stereocenters. The molecular weight excluding hydrogens is 440 g/mol. The van der Waals surface area contributed by atoms with Crippen molar-refractivity contribution in [3.8, 4) is 29.1 Å². The van der Waals surface area contributed by atoms with E-state index in [0.29, 0.717) is 52.7 Å². The molecule has 0 unspecified atom stereocenters. The van der Waals surface area contributed by atoms with E-state index in [4.69, 9.17) is 24.2 Å². The number of nitrogens with zero attached hydrogens (tertiary/aromatic N) is 2. The van der Waals surface area contributed by atoms with Crippen LogP contribution in [0.4, 0.5) is 0 Å². The van der Waals surface area contributed by atoms with E-state index >= 15 is 0 Å². The second kappa shape index (κ2) is 9.52. The first-order valence-corrected chi connectivity index (χ1v) is 10.0. The van der Waals surface area contributed by atoms with Gasteiger partial charge in [-0.25, -0.2) is 0 Å². The number of carbonyl (C=O) groups is 1. The standard InChI is InChI=1S/C21H21BrN2O5/c1-3-24(11-14-5-6-17-18(8-14)29-13-28-17)20(25)12-27-21-16(22)7-15(10-23)9-19(21)26-4-2/h5-9H,3-4,11-13H2,1-2H3. The molecule has 1 amide bonds. The molecule has 152 valence electrons. The zero-order valence-electron chi connectivity index (χ0n) is 16.2. The average Bonchev–Trinajstić information content (AvgIpc) is 3.19. The van der Waals surface area contributed by atoms with Gasteiger partial charge >= 0.3 is 0 Å². The molecule has 0 bridgehead atoms. The van der Waals surface area contributed by atoms with Crippen LogP contribution in [0.3, 0.4) is 0 Å². The first-order chi connectivity index (χ1) is 14.0. The molecule has 7 nitrogen and oxygen atoms in total. The molecule has 2 aromatic carbocycles. The number of hydrogen-bond donors (Lipinski definition) is 0. The van der Waals surface area contributed by atoms with Crippen LogP contribution in [-0.2, 0) is 11.3 Å². The van der Waals surface area contributed by atoms with Gasteiger partial charge in [0.05, 0.1) is 22.7 Å². The molecule has 0 saturated heterocycles. The Morgan fingerprint density at radius 2 is 2.00 bits per heavy atom. The van der Waals surface area contributed by atoms with Crippen LogP contribution in [0, 0.1) is 11.3 Å². The predicted molar refractivity (Wildman–Crippen MR) is 109 cm³/mol. The van der Waals surface area contributed by atoms with Crippen LogP contribution in [0.15, 0.2) is 34.8 Å². The summed E-state index contributed by atoms with van der Waals surface area (Å²) in [6.07, 6.45) is 0. The molecule has 0 N–H and O–H groups in total. The number of likely N-dealkylation sites (N-methyl/N-ethyl adjacent to an activating group) is 1. The lowest BCUT2D eigenvalue weighted by Crippen LogP contribution is -2.34. The fraction of sp³-hybridized carbons (Fsp3) is 0.333. The van der Waals surface area contributed by atoms with Crippen molar-refractivity contribution in [3.63, 3.8) is 0 Å². The van der Waals surface area contributed by atoms with Crippen molar-refractivity contribution >= 4 is 21.8 Å². The second-order valence-corrected chi connectivity index (χ2v) is 7.07. The largest absolute Gasteiger partial charge is 0.490 e. The highest BCUT2D eigenvalue weighted by atomic mass is 79.9. The van der Waals surface area contributed by atoms with Crippen molar-refractivity contribution in [2.75, 3.05) is 26.6 Å². The number of rotatable bonds is 8. The van der Waals surface area contributed by atoms with Crippen molar-refractivity contribution in [2.24, 2.45) is 0 Å². The summed E-state index contributed by atoms with van der Waals surface area (Å²) in [4.78, 5) is 14.4. The lowest BCUT2D eigenvalue weighted by molar-refractivity contribution is -0.133. The summed E-state index contributed by atoms with van der Waals surface area (Å²) < 4.78 is 22.6. The van der Waals surface area contributed by atoms with E-state index in [0.717, 1.165) is 5.56 Å². The zero-order chi connectivity index (χ0) is 20.8. The van der Waals surface area contributed by atoms with Crippen LogP contribution in [0.2, 0.25) is 0 Å². The van der Waals surface area contributed by atoms with Gasteiger partial charge in [-0.1, -0.05) is 6.07 Å². The lowest BCUT2D eigenvalue weighted by atomic mass is 10.2. The van der Waals surface area contributed by atoms with Gasteiger partial charge in [0.1, 0.15) is 0 Å². The maximum atomic E-state index is 12.7. The van der Waals surface area contributed by atoms with Gasteiger partial charge in [0.15, 0.2) is 29.6 Å². The molecule has 29 heavy (non-hydrogen) atoms. The topological polar surface area (TPSA) is 81.0 Å². The summed E-state index contributed by atoms with van der Waals surface area (Å²) >= 11 is 3.39. The third-order valence-corrected chi connectivity index (χ3v) is 4.91. The molecule has 0 aliphatic carbocycles. The Kier molecular flexibility index (Phi) is 6.83. The van der Waals surface area contributed by atoms with Gasteiger partial charge in [0.2, 0.25) is 6.79 Å². The molecule has 0 fully saturated rings. The van der Waals surface area contributed by atoms with Gasteiger partial charge in [-0.15, -0.1) is 0 Å². The van der Waals surface area contributed by atoms with Crippen LogP contribution < -0.4 is 18.9 Å². The number of hydrogen-bond acceptors (Lipinski definition) is 6. The number of ether oxygens (including phenoxy) is 4. The molecule has 0 spiro atoms. The predicted octanol–water partition coefficient (Wildman–Crippen LogP) is 3.88. The summed E-state index contributed by atoms with van der Waals surface area (Å²) in [6.45, 7) is 5.19. The minimum absolute atomic E-state index is 0.150. The maximum absolute atomic E-state index is 12.7. The van der Waals surface area contributed by atoms with Crippen molar-refractivity contribution in [1.82, 2.24) is 4.90 Å². The van der Waals surface area contributed by atoms with E-state index in [-0.39, 0.29) is 19.3 Å². The fourth-order valence-corrected chi connectivity index (χ4v) is 3.45. The van der Waals surface area contributed by atoms with Crippen LogP contribution in [0.25, 0.3) is 0 Å². The zero-order valence-corrected chi connectivity index (χ0v) is 17.8. The van der Waals surface area contributed by atoms with Gasteiger partial charge in [0, 0.05) is 19.2 Å². The Bertz CT molecular complexity index is 941. The van der Waals surface area contributed by atoms with E-state index < -0.39 is 0 Å². The lowest BCUT2D eigenvalue weighted by Gasteiger charge is -2.22. The van der Waals surface area contributed by atoms with Crippen LogP contribution in [0.1, 0.15) is 25.0 Å². The number of carbonyl (C=O) groups excluding carboxylic acids is 1. The summed E-state index contributed by atoms with van der Waals surface area (Å²) in [6, 6.07) is 10.9. The number of halogens is 1. The van der Waals surface area contributed by atoms with Crippen molar-refractivity contribution < 1.29 is 23.7 Å². The summed E-state index contributed by atoms with van der Waals surface area (Å²) in [5.74, 6) is 2.05.